The highest BCUT2D eigenvalue weighted by atomic mass is 79.9. The van der Waals surface area contributed by atoms with Gasteiger partial charge in [0.2, 0.25) is 0 Å². The molecule has 5 nitrogen and oxygen atoms in total. The molecule has 148 valence electrons. The van der Waals surface area contributed by atoms with Crippen molar-refractivity contribution in [2.24, 2.45) is 0 Å². The molecule has 27 heavy (non-hydrogen) atoms. The molecule has 0 aliphatic carbocycles. The third-order valence-corrected chi connectivity index (χ3v) is 5.36. The van der Waals surface area contributed by atoms with Gasteiger partial charge in [-0.2, -0.15) is 0 Å². The maximum Gasteiger partial charge on any atom is 0.275 e. The van der Waals surface area contributed by atoms with Gasteiger partial charge in [0.1, 0.15) is 0 Å². The van der Waals surface area contributed by atoms with E-state index >= 15 is 0 Å². The Labute approximate surface area is 177 Å². The Hall–Kier alpha value is -1.60. The van der Waals surface area contributed by atoms with Gasteiger partial charge in [-0.15, -0.1) is 0 Å². The summed E-state index contributed by atoms with van der Waals surface area (Å²) in [4.78, 5) is 10.5. The van der Waals surface area contributed by atoms with Crippen molar-refractivity contribution < 1.29 is 4.92 Å². The van der Waals surface area contributed by atoms with Crippen LogP contribution in [0.25, 0.3) is 0 Å². The normalized spacial score (nSPS) is 11.6. The van der Waals surface area contributed by atoms with Crippen molar-refractivity contribution in [2.75, 3.05) is 11.5 Å². The van der Waals surface area contributed by atoms with Crippen LogP contribution in [0.15, 0.2) is 39.3 Å². The minimum atomic E-state index is -0.399. The van der Waals surface area contributed by atoms with Crippen LogP contribution in [0.1, 0.15) is 52.7 Å². The third kappa shape index (κ3) is 6.50. The number of rotatable bonds is 1. The third-order valence-electron chi connectivity index (χ3n) is 3.99. The number of hydrogen-bond acceptors (Lipinski definition) is 4. The van der Waals surface area contributed by atoms with Crippen molar-refractivity contribution in [2.45, 2.75) is 52.4 Å². The SMILES string of the molecule is CC(C)(C)c1cc(Br)c(N)cc1[N+](=O)[O-].CC(C)(C)c1ccc(N)c(Br)c1. The molecule has 0 aromatic heterocycles. The average Bonchev–Trinajstić information content (AvgIpc) is 2.50. The largest absolute Gasteiger partial charge is 0.398 e. The average molecular weight is 501 g/mol. The van der Waals surface area contributed by atoms with Crippen molar-refractivity contribution in [3.63, 3.8) is 0 Å². The molecule has 7 heteroatoms. The summed E-state index contributed by atoms with van der Waals surface area (Å²) in [5, 5.41) is 10.9. The van der Waals surface area contributed by atoms with Crippen molar-refractivity contribution in [3.05, 3.63) is 60.5 Å². The van der Waals surface area contributed by atoms with Crippen molar-refractivity contribution in [1.29, 1.82) is 0 Å². The highest BCUT2D eigenvalue weighted by molar-refractivity contribution is 9.11. The Morgan fingerprint density at radius 1 is 0.852 bits per heavy atom. The first kappa shape index (κ1) is 23.4. The van der Waals surface area contributed by atoms with Gasteiger partial charge in [-0.1, -0.05) is 47.6 Å². The van der Waals surface area contributed by atoms with Crippen LogP contribution < -0.4 is 11.5 Å². The summed E-state index contributed by atoms with van der Waals surface area (Å²) in [5.41, 5.74) is 14.4. The van der Waals surface area contributed by atoms with Crippen LogP contribution in [-0.2, 0) is 10.8 Å². The van der Waals surface area contributed by atoms with Crippen LogP contribution in [-0.4, -0.2) is 4.92 Å². The Morgan fingerprint density at radius 3 is 1.78 bits per heavy atom. The number of halogens is 2. The first-order valence-electron chi connectivity index (χ1n) is 8.44. The Kier molecular flexibility index (Phi) is 7.47. The van der Waals surface area contributed by atoms with Crippen LogP contribution >= 0.6 is 31.9 Å². The first-order valence-corrected chi connectivity index (χ1v) is 10.0. The Balaban J connectivity index is 0.000000277. The van der Waals surface area contributed by atoms with Gasteiger partial charge >= 0.3 is 0 Å². The lowest BCUT2D eigenvalue weighted by molar-refractivity contribution is -0.385. The Bertz CT molecular complexity index is 838. The summed E-state index contributed by atoms with van der Waals surface area (Å²) in [6.07, 6.45) is 0. The highest BCUT2D eigenvalue weighted by Crippen LogP contribution is 2.36. The van der Waals surface area contributed by atoms with Crippen molar-refractivity contribution >= 4 is 48.9 Å². The topological polar surface area (TPSA) is 95.2 Å². The fourth-order valence-corrected chi connectivity index (χ4v) is 3.05. The number of nitro groups is 1. The predicted molar refractivity (Wildman–Crippen MR) is 121 cm³/mol. The van der Waals surface area contributed by atoms with E-state index < -0.39 is 4.92 Å². The molecule has 0 bridgehead atoms. The van der Waals surface area contributed by atoms with Crippen LogP contribution in [0.4, 0.5) is 17.1 Å². The second-order valence-electron chi connectivity index (χ2n) is 8.38. The minimum absolute atomic E-state index is 0.0724. The molecule has 0 aliphatic heterocycles. The van der Waals surface area contributed by atoms with E-state index in [1.165, 1.54) is 11.6 Å². The molecule has 0 atom stereocenters. The quantitative estimate of drug-likeness (QED) is 0.263. The van der Waals surface area contributed by atoms with Gasteiger partial charge in [0.25, 0.3) is 5.69 Å². The van der Waals surface area contributed by atoms with E-state index in [2.05, 4.69) is 64.8 Å². The summed E-state index contributed by atoms with van der Waals surface area (Å²) >= 11 is 6.69. The molecule has 0 aliphatic rings. The van der Waals surface area contributed by atoms with Crippen LogP contribution in [0, 0.1) is 10.1 Å². The van der Waals surface area contributed by atoms with Gasteiger partial charge in [-0.3, -0.25) is 10.1 Å². The van der Waals surface area contributed by atoms with E-state index in [0.717, 1.165) is 10.2 Å². The van der Waals surface area contributed by atoms with E-state index in [-0.39, 0.29) is 16.5 Å². The molecular weight excluding hydrogens is 474 g/mol. The second-order valence-corrected chi connectivity index (χ2v) is 10.1. The number of anilines is 2. The summed E-state index contributed by atoms with van der Waals surface area (Å²) in [6.45, 7) is 12.3. The summed E-state index contributed by atoms with van der Waals surface area (Å²) in [6, 6.07) is 9.19. The molecule has 0 saturated heterocycles. The zero-order valence-electron chi connectivity index (χ0n) is 16.6. The van der Waals surface area contributed by atoms with E-state index in [1.54, 1.807) is 6.07 Å². The number of nitrogens with zero attached hydrogens (tertiary/aromatic N) is 1. The number of hydrogen-bond donors (Lipinski definition) is 2. The van der Waals surface area contributed by atoms with Gasteiger partial charge in [-0.05, 0) is 66.5 Å². The molecule has 0 heterocycles. The number of benzene rings is 2. The molecule has 4 N–H and O–H groups in total. The molecular formula is C20H27Br2N3O2. The number of nitro benzene ring substituents is 1. The van der Waals surface area contributed by atoms with E-state index in [9.17, 15) is 10.1 Å². The van der Waals surface area contributed by atoms with Crippen molar-refractivity contribution in [1.82, 2.24) is 0 Å². The number of nitrogen functional groups attached to an aromatic ring is 2. The molecule has 0 spiro atoms. The molecule has 0 saturated carbocycles. The first-order chi connectivity index (χ1) is 12.1. The van der Waals surface area contributed by atoms with Gasteiger partial charge in [0, 0.05) is 26.3 Å². The van der Waals surface area contributed by atoms with Crippen LogP contribution in [0.5, 0.6) is 0 Å². The zero-order chi connectivity index (χ0) is 21.2. The van der Waals surface area contributed by atoms with E-state index in [1.807, 2.05) is 26.8 Å². The molecule has 2 rings (SSSR count). The van der Waals surface area contributed by atoms with Crippen LogP contribution in [0.3, 0.4) is 0 Å². The molecule has 2 aromatic carbocycles. The summed E-state index contributed by atoms with van der Waals surface area (Å²) < 4.78 is 1.67. The lowest BCUT2D eigenvalue weighted by Gasteiger charge is -2.19. The molecule has 0 radical (unpaired) electrons. The maximum atomic E-state index is 10.9. The lowest BCUT2D eigenvalue weighted by atomic mass is 9.86. The second kappa shape index (κ2) is 8.61. The van der Waals surface area contributed by atoms with Gasteiger partial charge in [0.15, 0.2) is 0 Å². The predicted octanol–water partition coefficient (Wildman–Crippen LogP) is 6.57. The zero-order valence-corrected chi connectivity index (χ0v) is 19.7. The van der Waals surface area contributed by atoms with Crippen LogP contribution in [0.2, 0.25) is 0 Å². The number of nitrogens with two attached hydrogens (primary N) is 2. The van der Waals surface area contributed by atoms with Gasteiger partial charge in [0.05, 0.1) is 10.6 Å². The van der Waals surface area contributed by atoms with E-state index in [4.69, 9.17) is 11.5 Å². The van der Waals surface area contributed by atoms with Gasteiger partial charge < -0.3 is 11.5 Å². The highest BCUT2D eigenvalue weighted by Gasteiger charge is 2.26. The van der Waals surface area contributed by atoms with Crippen molar-refractivity contribution in [3.8, 4) is 0 Å². The fourth-order valence-electron chi connectivity index (χ4n) is 2.32. The molecule has 0 unspecified atom stereocenters. The summed E-state index contributed by atoms with van der Waals surface area (Å²) in [7, 11) is 0. The fraction of sp³-hybridized carbons (Fsp3) is 0.400. The summed E-state index contributed by atoms with van der Waals surface area (Å²) in [5.74, 6) is 0. The Morgan fingerprint density at radius 2 is 1.37 bits per heavy atom. The molecule has 0 amide bonds. The van der Waals surface area contributed by atoms with E-state index in [0.29, 0.717) is 15.7 Å². The lowest BCUT2D eigenvalue weighted by Crippen LogP contribution is -2.14. The maximum absolute atomic E-state index is 10.9. The van der Waals surface area contributed by atoms with Gasteiger partial charge in [-0.25, -0.2) is 0 Å². The minimum Gasteiger partial charge on any atom is -0.398 e. The monoisotopic (exact) mass is 499 g/mol. The molecule has 2 aromatic rings. The molecule has 0 fully saturated rings. The standard InChI is InChI=1S/C10H13BrN2O2.C10H14BrN/c1-10(2,3)6-4-7(11)8(12)5-9(6)13(14)15;1-10(2,3)7-4-5-9(12)8(11)6-7/h4-5H,12H2,1-3H3;4-6H,12H2,1-3H3. The smallest absolute Gasteiger partial charge is 0.275 e.